The highest BCUT2D eigenvalue weighted by Crippen LogP contribution is 2.21. The predicted molar refractivity (Wildman–Crippen MR) is 83.5 cm³/mol. The van der Waals surface area contributed by atoms with Gasteiger partial charge in [-0.2, -0.15) is 5.26 Å². The zero-order valence-corrected chi connectivity index (χ0v) is 11.9. The summed E-state index contributed by atoms with van der Waals surface area (Å²) in [6, 6.07) is 15.9. The Hall–Kier alpha value is -2.47. The minimum absolute atomic E-state index is 0.707. The van der Waals surface area contributed by atoms with Gasteiger partial charge in [-0.15, -0.1) is 0 Å². The predicted octanol–water partition coefficient (Wildman–Crippen LogP) is 3.48. The number of rotatable bonds is 4. The first kappa shape index (κ1) is 14.0. The summed E-state index contributed by atoms with van der Waals surface area (Å²) in [6.07, 6.45) is 0. The molecule has 0 aliphatic heterocycles. The topological polar surface area (TPSA) is 53.0 Å². The summed E-state index contributed by atoms with van der Waals surface area (Å²) < 4.78 is 0. The third kappa shape index (κ3) is 3.10. The van der Waals surface area contributed by atoms with E-state index in [0.29, 0.717) is 5.56 Å². The van der Waals surface area contributed by atoms with Gasteiger partial charge in [0.15, 0.2) is 0 Å². The molecule has 0 fully saturated rings. The summed E-state index contributed by atoms with van der Waals surface area (Å²) in [6.45, 7) is 5.89. The second-order valence-corrected chi connectivity index (χ2v) is 4.86. The van der Waals surface area contributed by atoms with Crippen molar-refractivity contribution in [2.45, 2.75) is 20.4 Å². The fourth-order valence-corrected chi connectivity index (χ4v) is 2.26. The lowest BCUT2D eigenvalue weighted by Gasteiger charge is -2.24. The molecule has 0 saturated carbocycles. The van der Waals surface area contributed by atoms with Crippen molar-refractivity contribution in [3.63, 3.8) is 0 Å². The SMILES string of the molecule is CCN(Cc1ccc(C#N)cc1C)c1cccc(N)c1. The standard InChI is InChI=1S/C17H19N3/c1-3-20(17-6-4-5-16(19)10-17)12-15-8-7-14(11-18)9-13(15)2/h4-10H,3,12,19H2,1-2H3. The molecule has 0 heterocycles. The van der Waals surface area contributed by atoms with Crippen molar-refractivity contribution in [1.29, 1.82) is 5.26 Å². The molecule has 20 heavy (non-hydrogen) atoms. The Morgan fingerprint density at radius 3 is 2.60 bits per heavy atom. The first-order valence-electron chi connectivity index (χ1n) is 6.74. The Bertz CT molecular complexity index is 641. The third-order valence-corrected chi connectivity index (χ3v) is 3.45. The van der Waals surface area contributed by atoms with Gasteiger partial charge >= 0.3 is 0 Å². The molecule has 0 amide bonds. The Morgan fingerprint density at radius 2 is 2.00 bits per heavy atom. The van der Waals surface area contributed by atoms with Crippen molar-refractivity contribution in [2.75, 3.05) is 17.2 Å². The minimum Gasteiger partial charge on any atom is -0.399 e. The van der Waals surface area contributed by atoms with Crippen molar-refractivity contribution >= 4 is 11.4 Å². The molecule has 0 bridgehead atoms. The van der Waals surface area contributed by atoms with Crippen LogP contribution in [-0.4, -0.2) is 6.54 Å². The summed E-state index contributed by atoms with van der Waals surface area (Å²) in [5, 5.41) is 8.92. The number of nitrogen functional groups attached to an aromatic ring is 1. The van der Waals surface area contributed by atoms with Crippen molar-refractivity contribution in [1.82, 2.24) is 0 Å². The quantitative estimate of drug-likeness (QED) is 0.861. The van der Waals surface area contributed by atoms with E-state index >= 15 is 0 Å². The molecule has 0 aliphatic rings. The van der Waals surface area contributed by atoms with E-state index < -0.39 is 0 Å². The summed E-state index contributed by atoms with van der Waals surface area (Å²) in [5.74, 6) is 0. The van der Waals surface area contributed by atoms with Crippen molar-refractivity contribution in [3.05, 3.63) is 59.2 Å². The highest BCUT2D eigenvalue weighted by molar-refractivity contribution is 5.56. The van der Waals surface area contributed by atoms with Crippen LogP contribution in [0.3, 0.4) is 0 Å². The molecule has 102 valence electrons. The zero-order chi connectivity index (χ0) is 14.5. The maximum atomic E-state index is 8.92. The molecule has 3 nitrogen and oxygen atoms in total. The smallest absolute Gasteiger partial charge is 0.0991 e. The van der Waals surface area contributed by atoms with Crippen molar-refractivity contribution in [3.8, 4) is 6.07 Å². The molecule has 2 N–H and O–H groups in total. The monoisotopic (exact) mass is 265 g/mol. The van der Waals surface area contributed by atoms with Crippen LogP contribution in [0, 0.1) is 18.3 Å². The second kappa shape index (κ2) is 6.12. The maximum Gasteiger partial charge on any atom is 0.0991 e. The summed E-state index contributed by atoms with van der Waals surface area (Å²) in [5.41, 5.74) is 10.8. The van der Waals surface area contributed by atoms with Gasteiger partial charge in [-0.25, -0.2) is 0 Å². The molecule has 2 aromatic carbocycles. The van der Waals surface area contributed by atoms with Crippen LogP contribution < -0.4 is 10.6 Å². The number of nitrogens with two attached hydrogens (primary N) is 1. The molecule has 0 aromatic heterocycles. The number of nitriles is 1. The van der Waals surface area contributed by atoms with Crippen LogP contribution in [0.25, 0.3) is 0 Å². The van der Waals surface area contributed by atoms with E-state index in [4.69, 9.17) is 11.0 Å². The van der Waals surface area contributed by atoms with Crippen molar-refractivity contribution in [2.24, 2.45) is 0 Å². The lowest BCUT2D eigenvalue weighted by Crippen LogP contribution is -2.22. The molecule has 3 heteroatoms. The van der Waals surface area contributed by atoms with Crippen LogP contribution in [0.5, 0.6) is 0 Å². The lowest BCUT2D eigenvalue weighted by molar-refractivity contribution is 0.827. The van der Waals surface area contributed by atoms with Crippen LogP contribution in [-0.2, 0) is 6.54 Å². The first-order chi connectivity index (χ1) is 9.63. The van der Waals surface area contributed by atoms with Gasteiger partial charge in [0.25, 0.3) is 0 Å². The van der Waals surface area contributed by atoms with Crippen LogP contribution in [0.4, 0.5) is 11.4 Å². The van der Waals surface area contributed by atoms with Crippen LogP contribution >= 0.6 is 0 Å². The number of nitrogens with zero attached hydrogens (tertiary/aromatic N) is 2. The Morgan fingerprint density at radius 1 is 1.20 bits per heavy atom. The third-order valence-electron chi connectivity index (χ3n) is 3.45. The van der Waals surface area contributed by atoms with Gasteiger partial charge in [-0.1, -0.05) is 12.1 Å². The minimum atomic E-state index is 0.707. The van der Waals surface area contributed by atoms with E-state index in [0.717, 1.165) is 30.0 Å². The Kier molecular flexibility index (Phi) is 4.27. The van der Waals surface area contributed by atoms with Gasteiger partial charge in [0.1, 0.15) is 0 Å². The number of aryl methyl sites for hydroxylation is 1. The normalized spacial score (nSPS) is 10.1. The molecule has 2 rings (SSSR count). The number of benzene rings is 2. The number of hydrogen-bond acceptors (Lipinski definition) is 3. The van der Waals surface area contributed by atoms with Gasteiger partial charge in [0.05, 0.1) is 11.6 Å². The van der Waals surface area contributed by atoms with Crippen LogP contribution in [0.2, 0.25) is 0 Å². The van der Waals surface area contributed by atoms with Gasteiger partial charge in [0, 0.05) is 24.5 Å². The molecule has 0 spiro atoms. The second-order valence-electron chi connectivity index (χ2n) is 4.86. The molecular formula is C17H19N3. The van der Waals surface area contributed by atoms with E-state index in [1.807, 2.05) is 43.3 Å². The highest BCUT2D eigenvalue weighted by Gasteiger charge is 2.08. The van der Waals surface area contributed by atoms with E-state index in [2.05, 4.69) is 24.0 Å². The highest BCUT2D eigenvalue weighted by atomic mass is 15.1. The summed E-state index contributed by atoms with van der Waals surface area (Å²) in [4.78, 5) is 2.27. The Labute approximate surface area is 120 Å². The van der Waals surface area contributed by atoms with Gasteiger partial charge in [-0.3, -0.25) is 0 Å². The average Bonchev–Trinajstić information content (AvgIpc) is 2.46. The van der Waals surface area contributed by atoms with Crippen molar-refractivity contribution < 1.29 is 0 Å². The molecule has 0 saturated heterocycles. The van der Waals surface area contributed by atoms with Gasteiger partial charge in [0.2, 0.25) is 0 Å². The van der Waals surface area contributed by atoms with E-state index in [-0.39, 0.29) is 0 Å². The summed E-state index contributed by atoms with van der Waals surface area (Å²) in [7, 11) is 0. The molecule has 2 aromatic rings. The van der Waals surface area contributed by atoms with E-state index in [9.17, 15) is 0 Å². The average molecular weight is 265 g/mol. The molecule has 0 aliphatic carbocycles. The van der Waals surface area contributed by atoms with Gasteiger partial charge < -0.3 is 10.6 Å². The summed E-state index contributed by atoms with van der Waals surface area (Å²) >= 11 is 0. The molecule has 0 unspecified atom stereocenters. The van der Waals surface area contributed by atoms with E-state index in [1.165, 1.54) is 5.56 Å². The number of hydrogen-bond donors (Lipinski definition) is 1. The molecule has 0 radical (unpaired) electrons. The van der Waals surface area contributed by atoms with Crippen LogP contribution in [0.15, 0.2) is 42.5 Å². The largest absolute Gasteiger partial charge is 0.399 e. The molecular weight excluding hydrogens is 246 g/mol. The van der Waals surface area contributed by atoms with Gasteiger partial charge in [-0.05, 0) is 55.3 Å². The number of anilines is 2. The maximum absolute atomic E-state index is 8.92. The fraction of sp³-hybridized carbons (Fsp3) is 0.235. The van der Waals surface area contributed by atoms with Crippen LogP contribution in [0.1, 0.15) is 23.6 Å². The zero-order valence-electron chi connectivity index (χ0n) is 11.9. The fourth-order valence-electron chi connectivity index (χ4n) is 2.26. The first-order valence-corrected chi connectivity index (χ1v) is 6.74. The lowest BCUT2D eigenvalue weighted by atomic mass is 10.0. The molecule has 0 atom stereocenters. The van der Waals surface area contributed by atoms with E-state index in [1.54, 1.807) is 0 Å². The Balaban J connectivity index is 2.25.